The number of pyridine rings is 1. The number of amides is 1. The highest BCUT2D eigenvalue weighted by Gasteiger charge is 2.26. The van der Waals surface area contributed by atoms with Crippen LogP contribution in [0.5, 0.6) is 0 Å². The number of nitrogens with zero attached hydrogens (tertiary/aromatic N) is 5. The van der Waals surface area contributed by atoms with Gasteiger partial charge in [-0.2, -0.15) is 5.10 Å². The van der Waals surface area contributed by atoms with Crippen molar-refractivity contribution < 1.29 is 4.79 Å². The molecule has 0 aliphatic carbocycles. The van der Waals surface area contributed by atoms with E-state index >= 15 is 0 Å². The SMILES string of the molecule is Cc1nn(-c2ccccn2)c(C)c1N1CCN(C(=O)c2ccc3cc[nH]c3c2)CC1. The summed E-state index contributed by atoms with van der Waals surface area (Å²) in [5.41, 5.74) is 4.92. The summed E-state index contributed by atoms with van der Waals surface area (Å²) < 4.78 is 1.90. The zero-order chi connectivity index (χ0) is 20.7. The summed E-state index contributed by atoms with van der Waals surface area (Å²) in [5.74, 6) is 0.904. The Balaban J connectivity index is 1.32. The lowest BCUT2D eigenvalue weighted by atomic mass is 10.1. The monoisotopic (exact) mass is 400 g/mol. The van der Waals surface area contributed by atoms with Crippen LogP contribution in [0, 0.1) is 13.8 Å². The quantitative estimate of drug-likeness (QED) is 0.573. The van der Waals surface area contributed by atoms with Gasteiger partial charge in [0.15, 0.2) is 5.82 Å². The molecule has 1 aliphatic rings. The first-order chi connectivity index (χ1) is 14.6. The number of rotatable bonds is 3. The molecule has 4 heterocycles. The molecule has 30 heavy (non-hydrogen) atoms. The molecule has 0 unspecified atom stereocenters. The zero-order valence-electron chi connectivity index (χ0n) is 17.2. The van der Waals surface area contributed by atoms with Crippen LogP contribution in [0.3, 0.4) is 0 Å². The number of nitrogens with one attached hydrogen (secondary N) is 1. The largest absolute Gasteiger partial charge is 0.365 e. The number of anilines is 1. The number of carbonyl (C=O) groups is 1. The highest BCUT2D eigenvalue weighted by molar-refractivity contribution is 5.98. The van der Waals surface area contributed by atoms with Crippen molar-refractivity contribution >= 4 is 22.5 Å². The molecule has 4 aromatic rings. The van der Waals surface area contributed by atoms with Crippen LogP contribution >= 0.6 is 0 Å². The van der Waals surface area contributed by atoms with E-state index in [-0.39, 0.29) is 5.91 Å². The molecule has 1 aliphatic heterocycles. The van der Waals surface area contributed by atoms with E-state index in [2.05, 4.69) is 21.8 Å². The summed E-state index contributed by atoms with van der Waals surface area (Å²) in [4.78, 5) is 24.9. The summed E-state index contributed by atoms with van der Waals surface area (Å²) in [6.45, 7) is 7.06. The van der Waals surface area contributed by atoms with Crippen LogP contribution < -0.4 is 4.90 Å². The Labute approximate surface area is 174 Å². The number of piperazine rings is 1. The molecule has 152 valence electrons. The number of benzene rings is 1. The highest BCUT2D eigenvalue weighted by Crippen LogP contribution is 2.27. The van der Waals surface area contributed by atoms with Crippen molar-refractivity contribution in [2.75, 3.05) is 31.1 Å². The zero-order valence-corrected chi connectivity index (χ0v) is 17.2. The molecule has 1 N–H and O–H groups in total. The van der Waals surface area contributed by atoms with Crippen molar-refractivity contribution in [3.63, 3.8) is 0 Å². The van der Waals surface area contributed by atoms with Crippen LogP contribution in [0.15, 0.2) is 54.9 Å². The lowest BCUT2D eigenvalue weighted by Gasteiger charge is -2.36. The van der Waals surface area contributed by atoms with Crippen LogP contribution in [0.1, 0.15) is 21.7 Å². The fraction of sp³-hybridized carbons (Fsp3) is 0.261. The number of aromatic nitrogens is 4. The fourth-order valence-corrected chi connectivity index (χ4v) is 4.29. The van der Waals surface area contributed by atoms with E-state index in [1.54, 1.807) is 6.20 Å². The van der Waals surface area contributed by atoms with E-state index in [9.17, 15) is 4.79 Å². The molecule has 1 fully saturated rings. The number of fused-ring (bicyclic) bond motifs is 1. The van der Waals surface area contributed by atoms with Gasteiger partial charge < -0.3 is 14.8 Å². The molecule has 0 spiro atoms. The highest BCUT2D eigenvalue weighted by atomic mass is 16.2. The van der Waals surface area contributed by atoms with E-state index < -0.39 is 0 Å². The minimum Gasteiger partial charge on any atom is -0.365 e. The predicted octanol–water partition coefficient (Wildman–Crippen LogP) is 3.33. The second-order valence-electron chi connectivity index (χ2n) is 7.68. The van der Waals surface area contributed by atoms with E-state index in [1.165, 1.54) is 0 Å². The van der Waals surface area contributed by atoms with Crippen LogP contribution in [0.4, 0.5) is 5.69 Å². The van der Waals surface area contributed by atoms with E-state index in [1.807, 2.05) is 65.2 Å². The molecule has 1 amide bonds. The van der Waals surface area contributed by atoms with Crippen molar-refractivity contribution in [3.8, 4) is 5.82 Å². The molecule has 0 bridgehead atoms. The first-order valence-electron chi connectivity index (χ1n) is 10.2. The van der Waals surface area contributed by atoms with Gasteiger partial charge >= 0.3 is 0 Å². The average Bonchev–Trinajstić information content (AvgIpc) is 3.37. The lowest BCUT2D eigenvalue weighted by molar-refractivity contribution is 0.0747. The normalized spacial score (nSPS) is 14.5. The maximum absolute atomic E-state index is 13.0. The van der Waals surface area contributed by atoms with Crippen molar-refractivity contribution in [1.82, 2.24) is 24.6 Å². The Hall–Kier alpha value is -3.61. The topological polar surface area (TPSA) is 70.1 Å². The van der Waals surface area contributed by atoms with Crippen molar-refractivity contribution in [1.29, 1.82) is 0 Å². The average molecular weight is 400 g/mol. The third-order valence-electron chi connectivity index (χ3n) is 5.80. The Kier molecular flexibility index (Phi) is 4.50. The first-order valence-corrected chi connectivity index (χ1v) is 10.2. The molecule has 7 heteroatoms. The molecular weight excluding hydrogens is 376 g/mol. The standard InChI is InChI=1S/C23H24N6O/c1-16-22(17(2)29(26-16)21-5-3-4-9-25-21)27-11-13-28(14-12-27)23(30)19-7-6-18-8-10-24-20(18)15-19/h3-10,15,24H,11-14H2,1-2H3. The molecule has 3 aromatic heterocycles. The molecule has 7 nitrogen and oxygen atoms in total. The van der Waals surface area contributed by atoms with Gasteiger partial charge in [-0.15, -0.1) is 0 Å². The van der Waals surface area contributed by atoms with Crippen molar-refractivity contribution in [2.24, 2.45) is 0 Å². The Bertz CT molecular complexity index is 1200. The van der Waals surface area contributed by atoms with Crippen molar-refractivity contribution in [2.45, 2.75) is 13.8 Å². The van der Waals surface area contributed by atoms with E-state index in [0.717, 1.165) is 52.4 Å². The molecule has 0 saturated carbocycles. The summed E-state index contributed by atoms with van der Waals surface area (Å²) in [6, 6.07) is 13.7. The smallest absolute Gasteiger partial charge is 0.254 e. The maximum atomic E-state index is 13.0. The molecule has 1 aromatic carbocycles. The van der Waals surface area contributed by atoms with Gasteiger partial charge in [0.1, 0.15) is 0 Å². The maximum Gasteiger partial charge on any atom is 0.254 e. The number of carbonyl (C=O) groups excluding carboxylic acids is 1. The second kappa shape index (κ2) is 7.33. The van der Waals surface area contributed by atoms with E-state index in [0.29, 0.717) is 13.1 Å². The van der Waals surface area contributed by atoms with Gasteiger partial charge in [0.05, 0.1) is 17.1 Å². The minimum absolute atomic E-state index is 0.0868. The Morgan fingerprint density at radius 1 is 1.03 bits per heavy atom. The molecule has 0 radical (unpaired) electrons. The van der Waals surface area contributed by atoms with Gasteiger partial charge in [0.25, 0.3) is 5.91 Å². The number of hydrogen-bond acceptors (Lipinski definition) is 4. The fourth-order valence-electron chi connectivity index (χ4n) is 4.29. The Morgan fingerprint density at radius 3 is 2.63 bits per heavy atom. The van der Waals surface area contributed by atoms with Crippen LogP contribution in [-0.2, 0) is 0 Å². The molecular formula is C23H24N6O. The van der Waals surface area contributed by atoms with Gasteiger partial charge in [-0.05, 0) is 49.6 Å². The van der Waals surface area contributed by atoms with Gasteiger partial charge in [-0.3, -0.25) is 4.79 Å². The van der Waals surface area contributed by atoms with Crippen molar-refractivity contribution in [3.05, 3.63) is 71.8 Å². The summed E-state index contributed by atoms with van der Waals surface area (Å²) in [6.07, 6.45) is 3.67. The van der Waals surface area contributed by atoms with Crippen LogP contribution in [-0.4, -0.2) is 56.7 Å². The summed E-state index contributed by atoms with van der Waals surface area (Å²) in [7, 11) is 0. The number of aryl methyl sites for hydroxylation is 1. The van der Waals surface area contributed by atoms with Crippen LogP contribution in [0.2, 0.25) is 0 Å². The Morgan fingerprint density at radius 2 is 1.87 bits per heavy atom. The number of hydrogen-bond donors (Lipinski definition) is 1. The number of H-pyrrole nitrogens is 1. The predicted molar refractivity (Wildman–Crippen MR) is 117 cm³/mol. The van der Waals surface area contributed by atoms with Gasteiger partial charge in [0, 0.05) is 49.7 Å². The van der Waals surface area contributed by atoms with E-state index in [4.69, 9.17) is 5.10 Å². The second-order valence-corrected chi connectivity index (χ2v) is 7.68. The summed E-state index contributed by atoms with van der Waals surface area (Å²) >= 11 is 0. The van der Waals surface area contributed by atoms with Gasteiger partial charge in [-0.1, -0.05) is 12.1 Å². The molecule has 5 rings (SSSR count). The van der Waals surface area contributed by atoms with Gasteiger partial charge in [0.2, 0.25) is 0 Å². The molecule has 0 atom stereocenters. The minimum atomic E-state index is 0.0868. The third-order valence-corrected chi connectivity index (χ3v) is 5.80. The molecule has 1 saturated heterocycles. The lowest BCUT2D eigenvalue weighted by Crippen LogP contribution is -2.49. The summed E-state index contributed by atoms with van der Waals surface area (Å²) in [5, 5.41) is 5.83. The first kappa shape index (κ1) is 18.4. The third kappa shape index (κ3) is 3.12. The number of aromatic amines is 1. The van der Waals surface area contributed by atoms with Gasteiger partial charge in [-0.25, -0.2) is 9.67 Å². The van der Waals surface area contributed by atoms with Crippen LogP contribution in [0.25, 0.3) is 16.7 Å².